The lowest BCUT2D eigenvalue weighted by Gasteiger charge is -2.09. The summed E-state index contributed by atoms with van der Waals surface area (Å²) in [7, 11) is 0. The van der Waals surface area contributed by atoms with Crippen LogP contribution in [0.1, 0.15) is 6.42 Å². The highest BCUT2D eigenvalue weighted by molar-refractivity contribution is 6.18. The third-order valence-electron chi connectivity index (χ3n) is 5.07. The number of hydrogen-bond acceptors (Lipinski definition) is 3. The van der Waals surface area contributed by atoms with E-state index in [4.69, 9.17) is 0 Å². The van der Waals surface area contributed by atoms with Crippen molar-refractivity contribution in [2.75, 3.05) is 0 Å². The van der Waals surface area contributed by atoms with Gasteiger partial charge in [-0.1, -0.05) is 30.3 Å². The molecule has 5 rings (SSSR count). The molecule has 0 saturated carbocycles. The lowest BCUT2D eigenvalue weighted by atomic mass is 9.95. The fourth-order valence-corrected chi connectivity index (χ4v) is 3.81. The second-order valence-electron chi connectivity index (χ2n) is 6.61. The third kappa shape index (κ3) is 2.12. The maximum Gasteiger partial charge on any atom is 0.270 e. The summed E-state index contributed by atoms with van der Waals surface area (Å²) < 4.78 is 0. The van der Waals surface area contributed by atoms with Crippen molar-refractivity contribution >= 4 is 55.9 Å². The van der Waals surface area contributed by atoms with Crippen LogP contribution >= 0.6 is 0 Å². The molecule has 1 aliphatic rings. The Morgan fingerprint density at radius 2 is 1.46 bits per heavy atom. The molecule has 0 radical (unpaired) electrons. The van der Waals surface area contributed by atoms with Crippen LogP contribution < -0.4 is 10.4 Å². The number of non-ortho nitro benzene ring substituents is 1. The lowest BCUT2D eigenvalue weighted by Crippen LogP contribution is -2.28. The highest BCUT2D eigenvalue weighted by atomic mass is 16.6. The van der Waals surface area contributed by atoms with Crippen molar-refractivity contribution in [3.8, 4) is 0 Å². The summed E-state index contributed by atoms with van der Waals surface area (Å²) in [5.41, 5.74) is 0.0986. The van der Waals surface area contributed by atoms with Gasteiger partial charge in [-0.05, 0) is 67.0 Å². The Bertz CT molecular complexity index is 1400. The van der Waals surface area contributed by atoms with Crippen LogP contribution in [-0.2, 0) is 4.79 Å². The van der Waals surface area contributed by atoms with E-state index >= 15 is 0 Å². The quantitative estimate of drug-likeness (QED) is 0.302. The molecule has 0 unspecified atom stereocenters. The zero-order chi connectivity index (χ0) is 17.8. The molecule has 4 heteroatoms. The van der Waals surface area contributed by atoms with Gasteiger partial charge in [0.25, 0.3) is 5.69 Å². The van der Waals surface area contributed by atoms with E-state index in [1.807, 2.05) is 36.4 Å². The van der Waals surface area contributed by atoms with Crippen LogP contribution in [0.25, 0.3) is 44.5 Å². The molecule has 4 aromatic rings. The standard InChI is InChI=1S/C22H13NO3/c24-18-5-1-13-12-22-14(9-16(13)11-18)2-6-20-19-8-4-17(23(25)26)10-15(19)3-7-21(20)22/h1-4,6-12H,5H2. The van der Waals surface area contributed by atoms with Gasteiger partial charge in [-0.3, -0.25) is 14.9 Å². The first-order chi connectivity index (χ1) is 12.6. The van der Waals surface area contributed by atoms with Gasteiger partial charge in [0.15, 0.2) is 5.78 Å². The van der Waals surface area contributed by atoms with Crippen molar-refractivity contribution in [2.45, 2.75) is 6.42 Å². The van der Waals surface area contributed by atoms with E-state index in [9.17, 15) is 14.9 Å². The number of carbonyl (C=O) groups is 1. The molecule has 26 heavy (non-hydrogen) atoms. The number of nitro benzene ring substituents is 1. The number of carbonyl (C=O) groups excluding carboxylic acids is 1. The molecule has 0 spiro atoms. The number of ketones is 1. The van der Waals surface area contributed by atoms with Crippen molar-refractivity contribution in [3.05, 3.63) is 75.1 Å². The van der Waals surface area contributed by atoms with Gasteiger partial charge in [0.05, 0.1) is 4.92 Å². The minimum Gasteiger partial charge on any atom is -0.294 e. The van der Waals surface area contributed by atoms with Gasteiger partial charge in [0, 0.05) is 18.6 Å². The summed E-state index contributed by atoms with van der Waals surface area (Å²) in [6.07, 6.45) is 4.12. The predicted octanol–water partition coefficient (Wildman–Crippen LogP) is 3.59. The molecule has 0 N–H and O–H groups in total. The summed E-state index contributed by atoms with van der Waals surface area (Å²) in [6, 6.07) is 17.2. The van der Waals surface area contributed by atoms with Crippen LogP contribution in [0, 0.1) is 10.1 Å². The topological polar surface area (TPSA) is 60.2 Å². The van der Waals surface area contributed by atoms with Crippen LogP contribution in [-0.4, -0.2) is 10.7 Å². The monoisotopic (exact) mass is 339 g/mol. The number of hydrogen-bond donors (Lipinski definition) is 0. The molecule has 0 aliphatic heterocycles. The van der Waals surface area contributed by atoms with E-state index in [-0.39, 0.29) is 16.4 Å². The van der Waals surface area contributed by atoms with Crippen molar-refractivity contribution in [3.63, 3.8) is 0 Å². The average Bonchev–Trinajstić information content (AvgIpc) is 2.65. The molecule has 4 aromatic carbocycles. The number of benzene rings is 4. The molecule has 0 atom stereocenters. The van der Waals surface area contributed by atoms with E-state index in [2.05, 4.69) is 12.1 Å². The zero-order valence-corrected chi connectivity index (χ0v) is 13.7. The van der Waals surface area contributed by atoms with Gasteiger partial charge < -0.3 is 0 Å². The molecule has 0 heterocycles. The third-order valence-corrected chi connectivity index (χ3v) is 5.07. The van der Waals surface area contributed by atoms with E-state index in [1.165, 1.54) is 0 Å². The molecular weight excluding hydrogens is 326 g/mol. The van der Waals surface area contributed by atoms with E-state index in [0.717, 1.165) is 42.8 Å². The summed E-state index contributed by atoms with van der Waals surface area (Å²) in [6.45, 7) is 0. The number of rotatable bonds is 1. The fraction of sp³-hybridized carbons (Fsp3) is 0.0455. The minimum absolute atomic E-state index is 0.0986. The smallest absolute Gasteiger partial charge is 0.270 e. The molecule has 0 saturated heterocycles. The first kappa shape index (κ1) is 14.8. The molecule has 1 aliphatic carbocycles. The summed E-state index contributed by atoms with van der Waals surface area (Å²) >= 11 is 0. The molecule has 4 nitrogen and oxygen atoms in total. The van der Waals surface area contributed by atoms with Crippen LogP contribution in [0.2, 0.25) is 0 Å². The molecule has 0 amide bonds. The highest BCUT2D eigenvalue weighted by Crippen LogP contribution is 2.32. The second-order valence-corrected chi connectivity index (χ2v) is 6.61. The van der Waals surface area contributed by atoms with Gasteiger partial charge in [0.1, 0.15) is 0 Å². The Morgan fingerprint density at radius 3 is 2.23 bits per heavy atom. The Morgan fingerprint density at radius 1 is 0.769 bits per heavy atom. The summed E-state index contributed by atoms with van der Waals surface area (Å²) in [4.78, 5) is 22.3. The first-order valence-electron chi connectivity index (χ1n) is 8.38. The maximum absolute atomic E-state index is 11.7. The molecule has 0 fully saturated rings. The SMILES string of the molecule is O=C1C=c2cc3ccc4c5ccc([N+](=O)[O-])cc5ccc4c3cc2=CC1. The van der Waals surface area contributed by atoms with Gasteiger partial charge in [0.2, 0.25) is 0 Å². The molecule has 0 aromatic heterocycles. The van der Waals surface area contributed by atoms with Crippen molar-refractivity contribution in [1.82, 2.24) is 0 Å². The van der Waals surface area contributed by atoms with Gasteiger partial charge in [-0.25, -0.2) is 0 Å². The Hall–Kier alpha value is -3.53. The molecule has 0 bridgehead atoms. The maximum atomic E-state index is 11.7. The molecular formula is C22H13NO3. The van der Waals surface area contributed by atoms with E-state index < -0.39 is 0 Å². The Kier molecular flexibility index (Phi) is 2.97. The minimum atomic E-state index is -0.371. The number of Topliss-reactive ketones (excluding diaryl/α,β-unsaturated/α-hetero) is 1. The number of nitrogens with zero attached hydrogens (tertiary/aromatic N) is 1. The predicted molar refractivity (Wildman–Crippen MR) is 103 cm³/mol. The average molecular weight is 339 g/mol. The van der Waals surface area contributed by atoms with Gasteiger partial charge in [-0.15, -0.1) is 0 Å². The van der Waals surface area contributed by atoms with Crippen molar-refractivity contribution < 1.29 is 9.72 Å². The second kappa shape index (κ2) is 5.23. The lowest BCUT2D eigenvalue weighted by molar-refractivity contribution is -0.384. The Balaban J connectivity index is 1.89. The zero-order valence-electron chi connectivity index (χ0n) is 13.7. The summed E-state index contributed by atoms with van der Waals surface area (Å²) in [5, 5.41) is 19.3. The van der Waals surface area contributed by atoms with Crippen molar-refractivity contribution in [2.24, 2.45) is 0 Å². The first-order valence-corrected chi connectivity index (χ1v) is 8.38. The van der Waals surface area contributed by atoms with E-state index in [1.54, 1.807) is 18.2 Å². The molecule has 124 valence electrons. The van der Waals surface area contributed by atoms with Crippen LogP contribution in [0.5, 0.6) is 0 Å². The largest absolute Gasteiger partial charge is 0.294 e. The van der Waals surface area contributed by atoms with Gasteiger partial charge in [-0.2, -0.15) is 0 Å². The normalized spacial score (nSPS) is 13.5. The fourth-order valence-electron chi connectivity index (χ4n) is 3.81. The van der Waals surface area contributed by atoms with E-state index in [0.29, 0.717) is 6.42 Å². The Labute approximate surface area is 147 Å². The van der Waals surface area contributed by atoms with Gasteiger partial charge >= 0.3 is 0 Å². The van der Waals surface area contributed by atoms with Crippen LogP contribution in [0.3, 0.4) is 0 Å². The van der Waals surface area contributed by atoms with Crippen LogP contribution in [0.15, 0.2) is 54.6 Å². The number of nitro groups is 1. The summed E-state index contributed by atoms with van der Waals surface area (Å²) in [5.74, 6) is 0.130. The number of fused-ring (bicyclic) bond motifs is 6. The van der Waals surface area contributed by atoms with Crippen molar-refractivity contribution in [1.29, 1.82) is 0 Å². The highest BCUT2D eigenvalue weighted by Gasteiger charge is 2.10. The van der Waals surface area contributed by atoms with Crippen LogP contribution in [0.4, 0.5) is 5.69 Å².